The number of benzene rings is 3. The monoisotopic (exact) mass is 622 g/mol. The van der Waals surface area contributed by atoms with E-state index in [1.54, 1.807) is 37.3 Å². The average Bonchev–Trinajstić information content (AvgIpc) is 3.00. The van der Waals surface area contributed by atoms with E-state index in [4.69, 9.17) is 9.26 Å². The van der Waals surface area contributed by atoms with E-state index in [1.807, 2.05) is 19.1 Å². The largest absolute Gasteiger partial charge is 0.501 e. The number of carbonyl (C=O) groups is 2. The Kier molecular flexibility index (Phi) is 9.97. The van der Waals surface area contributed by atoms with Gasteiger partial charge in [-0.3, -0.25) is 23.5 Å². The fourth-order valence-electron chi connectivity index (χ4n) is 4.22. The zero-order valence-electron chi connectivity index (χ0n) is 24.5. The minimum Gasteiger partial charge on any atom is -0.501 e. The molecule has 1 amide bonds. The van der Waals surface area contributed by atoms with Gasteiger partial charge in [0.05, 0.1) is 11.9 Å². The molecule has 3 N–H and O–H groups in total. The highest BCUT2D eigenvalue weighted by Crippen LogP contribution is 2.43. The van der Waals surface area contributed by atoms with Crippen LogP contribution in [0.4, 0.5) is 4.39 Å². The molecule has 1 aromatic heterocycles. The van der Waals surface area contributed by atoms with Gasteiger partial charge in [-0.15, -0.1) is 0 Å². The van der Waals surface area contributed by atoms with E-state index >= 15 is 4.39 Å². The topological polar surface area (TPSA) is 149 Å². The third-order valence-corrected chi connectivity index (χ3v) is 8.73. The number of aromatic nitrogens is 2. The lowest BCUT2D eigenvalue weighted by molar-refractivity contribution is -0.144. The first-order valence-corrected chi connectivity index (χ1v) is 15.3. The van der Waals surface area contributed by atoms with Crippen LogP contribution in [-0.4, -0.2) is 39.2 Å². The van der Waals surface area contributed by atoms with Crippen LogP contribution >= 0.6 is 7.52 Å². The van der Waals surface area contributed by atoms with E-state index in [1.165, 1.54) is 38.2 Å². The molecule has 2 unspecified atom stereocenters. The first-order chi connectivity index (χ1) is 20.9. The maximum absolute atomic E-state index is 15.2. The Bertz CT molecular complexity index is 1780. The molecule has 44 heavy (non-hydrogen) atoms. The van der Waals surface area contributed by atoms with Gasteiger partial charge >= 0.3 is 13.5 Å². The number of aromatic hydroxyl groups is 1. The van der Waals surface area contributed by atoms with Gasteiger partial charge in [-0.25, -0.2) is 14.5 Å². The molecule has 0 aliphatic heterocycles. The van der Waals surface area contributed by atoms with Gasteiger partial charge in [0.1, 0.15) is 23.4 Å². The molecule has 0 spiro atoms. The van der Waals surface area contributed by atoms with Gasteiger partial charge < -0.3 is 19.7 Å². The van der Waals surface area contributed by atoms with Gasteiger partial charge in [0.2, 0.25) is 5.75 Å². The fraction of sp³-hybridized carbons (Fsp3) is 0.226. The number of ether oxygens (including phenoxy) is 1. The standard InChI is InChI=1S/C31H32FN4O7P/c1-5-42-31(40)20(3)35-44(41,43-23-9-7-6-8-10-23)25-17-21(13-16-24(25)32)18-33-29(38)26-27(37)30(39)36(4)28(34-26)22-14-11-19(2)12-15-22/h6-17,20,37H,5,18H2,1-4H3,(H,33,38)(H,35,41). The third kappa shape index (κ3) is 7.21. The summed E-state index contributed by atoms with van der Waals surface area (Å²) < 4.78 is 41.3. The van der Waals surface area contributed by atoms with E-state index in [9.17, 15) is 24.1 Å². The Morgan fingerprint density at radius 1 is 1.09 bits per heavy atom. The van der Waals surface area contributed by atoms with Crippen LogP contribution in [0.25, 0.3) is 11.4 Å². The van der Waals surface area contributed by atoms with Gasteiger partial charge in [-0.05, 0) is 50.6 Å². The molecule has 4 aromatic rings. The summed E-state index contributed by atoms with van der Waals surface area (Å²) in [5.41, 5.74) is 0.545. The van der Waals surface area contributed by atoms with Crippen LogP contribution in [0.3, 0.4) is 0 Å². The van der Waals surface area contributed by atoms with Crippen molar-refractivity contribution in [3.63, 3.8) is 0 Å². The predicted octanol–water partition coefficient (Wildman–Crippen LogP) is 3.97. The van der Waals surface area contributed by atoms with Crippen LogP contribution < -0.4 is 25.8 Å². The van der Waals surface area contributed by atoms with Gasteiger partial charge in [-0.1, -0.05) is 54.1 Å². The zero-order chi connectivity index (χ0) is 32.0. The van der Waals surface area contributed by atoms with Gasteiger partial charge in [0, 0.05) is 19.2 Å². The van der Waals surface area contributed by atoms with Crippen LogP contribution in [0.2, 0.25) is 0 Å². The molecule has 4 rings (SSSR count). The maximum atomic E-state index is 15.2. The molecular weight excluding hydrogens is 590 g/mol. The highest BCUT2D eigenvalue weighted by Gasteiger charge is 2.35. The van der Waals surface area contributed by atoms with Crippen molar-refractivity contribution in [3.05, 3.63) is 106 Å². The van der Waals surface area contributed by atoms with Gasteiger partial charge in [0.25, 0.3) is 11.5 Å². The first kappa shape index (κ1) is 32.1. The van der Waals surface area contributed by atoms with E-state index in [0.29, 0.717) is 11.1 Å². The van der Waals surface area contributed by atoms with E-state index in [2.05, 4.69) is 15.4 Å². The Morgan fingerprint density at radius 3 is 2.43 bits per heavy atom. The molecule has 0 saturated heterocycles. The van der Waals surface area contributed by atoms with Crippen molar-refractivity contribution in [2.24, 2.45) is 7.05 Å². The summed E-state index contributed by atoms with van der Waals surface area (Å²) >= 11 is 0. The number of aryl methyl sites for hydroxylation is 1. The molecule has 0 aliphatic carbocycles. The number of halogens is 1. The van der Waals surface area contributed by atoms with Gasteiger partial charge in [0.15, 0.2) is 5.69 Å². The summed E-state index contributed by atoms with van der Waals surface area (Å²) in [5, 5.41) is 15.2. The number of rotatable bonds is 11. The Hall–Kier alpha value is -4.80. The molecule has 0 saturated carbocycles. The van der Waals surface area contributed by atoms with E-state index in [-0.39, 0.29) is 30.0 Å². The van der Waals surface area contributed by atoms with Crippen LogP contribution in [0.5, 0.6) is 11.5 Å². The fourth-order valence-corrected chi connectivity index (χ4v) is 6.23. The molecule has 13 heteroatoms. The lowest BCUT2D eigenvalue weighted by Gasteiger charge is -2.24. The number of amides is 1. The lowest BCUT2D eigenvalue weighted by Crippen LogP contribution is -2.38. The summed E-state index contributed by atoms with van der Waals surface area (Å²) in [6.07, 6.45) is 0. The highest BCUT2D eigenvalue weighted by molar-refractivity contribution is 7.65. The summed E-state index contributed by atoms with van der Waals surface area (Å²) in [5.74, 6) is -2.95. The van der Waals surface area contributed by atoms with E-state index in [0.717, 1.165) is 16.2 Å². The van der Waals surface area contributed by atoms with Crippen molar-refractivity contribution in [1.29, 1.82) is 0 Å². The molecule has 0 radical (unpaired) electrons. The van der Waals surface area contributed by atoms with Crippen LogP contribution in [0.15, 0.2) is 77.6 Å². The molecular formula is C31H32FN4O7P. The normalized spacial score (nSPS) is 13.0. The predicted molar refractivity (Wildman–Crippen MR) is 162 cm³/mol. The van der Waals surface area contributed by atoms with Crippen molar-refractivity contribution >= 4 is 24.7 Å². The van der Waals surface area contributed by atoms with Crippen molar-refractivity contribution in [2.45, 2.75) is 33.4 Å². The smallest absolute Gasteiger partial charge is 0.350 e. The average molecular weight is 623 g/mol. The molecule has 0 bridgehead atoms. The molecule has 230 valence electrons. The second-order valence-corrected chi connectivity index (χ2v) is 11.9. The zero-order valence-corrected chi connectivity index (χ0v) is 25.4. The Balaban J connectivity index is 1.63. The third-order valence-electron chi connectivity index (χ3n) is 6.55. The van der Waals surface area contributed by atoms with Crippen LogP contribution in [0.1, 0.15) is 35.5 Å². The first-order valence-electron chi connectivity index (χ1n) is 13.7. The Labute approximate surface area is 253 Å². The summed E-state index contributed by atoms with van der Waals surface area (Å²) in [6.45, 7) is 4.80. The van der Waals surface area contributed by atoms with E-state index < -0.39 is 48.3 Å². The molecule has 2 atom stereocenters. The SMILES string of the molecule is CCOC(=O)C(C)NP(=O)(Oc1ccccc1)c1cc(CNC(=O)c2nc(-c3ccc(C)cc3)n(C)c(=O)c2O)ccc1F. The summed E-state index contributed by atoms with van der Waals surface area (Å²) in [6, 6.07) is 17.7. The summed E-state index contributed by atoms with van der Waals surface area (Å²) in [4.78, 5) is 42.4. The molecule has 1 heterocycles. The number of esters is 1. The quantitative estimate of drug-likeness (QED) is 0.167. The van der Waals surface area contributed by atoms with Crippen LogP contribution in [0, 0.1) is 12.7 Å². The highest BCUT2D eigenvalue weighted by atomic mass is 31.2. The lowest BCUT2D eigenvalue weighted by atomic mass is 10.1. The molecule has 0 fully saturated rings. The molecule has 11 nitrogen and oxygen atoms in total. The van der Waals surface area contributed by atoms with Gasteiger partial charge in [-0.2, -0.15) is 0 Å². The Morgan fingerprint density at radius 2 is 1.77 bits per heavy atom. The minimum atomic E-state index is -4.30. The number of nitrogens with one attached hydrogen (secondary N) is 2. The second-order valence-electron chi connectivity index (χ2n) is 9.89. The summed E-state index contributed by atoms with van der Waals surface area (Å²) in [7, 11) is -2.87. The van der Waals surface area contributed by atoms with Crippen molar-refractivity contribution in [1.82, 2.24) is 20.0 Å². The minimum absolute atomic E-state index is 0.0860. The number of hydrogen-bond acceptors (Lipinski definition) is 8. The van der Waals surface area contributed by atoms with Crippen LogP contribution in [-0.2, 0) is 27.7 Å². The number of para-hydroxylation sites is 1. The maximum Gasteiger partial charge on any atom is 0.350 e. The number of hydrogen-bond donors (Lipinski definition) is 3. The van der Waals surface area contributed by atoms with Crippen molar-refractivity contribution in [3.8, 4) is 22.9 Å². The van der Waals surface area contributed by atoms with Crippen molar-refractivity contribution in [2.75, 3.05) is 6.61 Å². The molecule has 3 aromatic carbocycles. The second kappa shape index (κ2) is 13.7. The number of nitrogens with zero attached hydrogens (tertiary/aromatic N) is 2. The number of carbonyl (C=O) groups excluding carboxylic acids is 2. The molecule has 0 aliphatic rings. The van der Waals surface area contributed by atoms with Crippen molar-refractivity contribution < 1.29 is 32.9 Å².